The first-order chi connectivity index (χ1) is 8.92. The molecular formula is C13H18F2N2O2. The van der Waals surface area contributed by atoms with Gasteiger partial charge in [0.2, 0.25) is 5.91 Å². The molecule has 0 aliphatic heterocycles. The third-order valence-corrected chi connectivity index (χ3v) is 3.07. The number of hydrogen-bond acceptors (Lipinski definition) is 3. The number of rotatable bonds is 6. The first-order valence-electron chi connectivity index (χ1n) is 6.07. The SMILES string of the molecule is CCC(N)(CC)C(=O)Nc1ccccc1OC(F)F. The molecule has 0 aromatic heterocycles. The van der Waals surface area contributed by atoms with E-state index in [4.69, 9.17) is 5.73 Å². The number of amides is 1. The van der Waals surface area contributed by atoms with Crippen molar-refractivity contribution in [2.75, 3.05) is 5.32 Å². The Kier molecular flexibility index (Phi) is 5.23. The Bertz CT molecular complexity index is 434. The van der Waals surface area contributed by atoms with Crippen LogP contribution in [0, 0.1) is 0 Å². The molecule has 1 aromatic carbocycles. The molecule has 106 valence electrons. The predicted octanol–water partition coefficient (Wildman–Crippen LogP) is 2.74. The summed E-state index contributed by atoms with van der Waals surface area (Å²) >= 11 is 0. The Labute approximate surface area is 110 Å². The van der Waals surface area contributed by atoms with Crippen molar-refractivity contribution in [1.29, 1.82) is 0 Å². The number of carbonyl (C=O) groups is 1. The minimum Gasteiger partial charge on any atom is -0.433 e. The summed E-state index contributed by atoms with van der Waals surface area (Å²) in [5.74, 6) is -0.497. The van der Waals surface area contributed by atoms with Crippen molar-refractivity contribution < 1.29 is 18.3 Å². The minimum atomic E-state index is -2.95. The molecule has 0 fully saturated rings. The van der Waals surface area contributed by atoms with Crippen LogP contribution in [0.25, 0.3) is 0 Å². The molecule has 1 amide bonds. The minimum absolute atomic E-state index is 0.0830. The first kappa shape index (κ1) is 15.4. The maximum atomic E-state index is 12.2. The number of para-hydroxylation sites is 2. The molecule has 0 aliphatic rings. The van der Waals surface area contributed by atoms with Crippen LogP contribution in [0.2, 0.25) is 0 Å². The fraction of sp³-hybridized carbons (Fsp3) is 0.462. The zero-order valence-electron chi connectivity index (χ0n) is 11.0. The summed E-state index contributed by atoms with van der Waals surface area (Å²) in [6.07, 6.45) is 0.903. The van der Waals surface area contributed by atoms with Gasteiger partial charge >= 0.3 is 6.61 Å². The van der Waals surface area contributed by atoms with E-state index < -0.39 is 18.1 Å². The van der Waals surface area contributed by atoms with Gasteiger partial charge in [0.05, 0.1) is 11.2 Å². The molecule has 0 atom stereocenters. The highest BCUT2D eigenvalue weighted by Crippen LogP contribution is 2.26. The number of nitrogens with two attached hydrogens (primary N) is 1. The number of nitrogens with one attached hydrogen (secondary N) is 1. The summed E-state index contributed by atoms with van der Waals surface area (Å²) in [5.41, 5.74) is 5.11. The van der Waals surface area contributed by atoms with Crippen molar-refractivity contribution in [1.82, 2.24) is 0 Å². The second-order valence-corrected chi connectivity index (χ2v) is 4.19. The van der Waals surface area contributed by atoms with E-state index in [1.54, 1.807) is 26.0 Å². The molecule has 0 radical (unpaired) electrons. The molecule has 6 heteroatoms. The quantitative estimate of drug-likeness (QED) is 0.837. The Morgan fingerprint density at radius 1 is 1.37 bits per heavy atom. The lowest BCUT2D eigenvalue weighted by Gasteiger charge is -2.25. The van der Waals surface area contributed by atoms with E-state index in [-0.39, 0.29) is 11.4 Å². The highest BCUT2D eigenvalue weighted by Gasteiger charge is 2.30. The van der Waals surface area contributed by atoms with Crippen LogP contribution in [0.3, 0.4) is 0 Å². The maximum Gasteiger partial charge on any atom is 0.387 e. The largest absolute Gasteiger partial charge is 0.433 e. The number of benzene rings is 1. The third kappa shape index (κ3) is 3.89. The number of ether oxygens (including phenoxy) is 1. The summed E-state index contributed by atoms with van der Waals surface area (Å²) < 4.78 is 28.8. The van der Waals surface area contributed by atoms with Gasteiger partial charge in [0.15, 0.2) is 0 Å². The molecule has 0 bridgehead atoms. The molecule has 0 saturated carbocycles. The van der Waals surface area contributed by atoms with Gasteiger partial charge in [-0.05, 0) is 25.0 Å². The number of hydrogen-bond donors (Lipinski definition) is 2. The molecule has 0 saturated heterocycles. The number of carbonyl (C=O) groups excluding carboxylic acids is 1. The lowest BCUT2D eigenvalue weighted by molar-refractivity contribution is -0.121. The zero-order valence-corrected chi connectivity index (χ0v) is 11.0. The van der Waals surface area contributed by atoms with Gasteiger partial charge in [0, 0.05) is 0 Å². The van der Waals surface area contributed by atoms with Crippen LogP contribution in [-0.4, -0.2) is 18.1 Å². The molecule has 4 nitrogen and oxygen atoms in total. The molecule has 0 unspecified atom stereocenters. The zero-order chi connectivity index (χ0) is 14.5. The van der Waals surface area contributed by atoms with Crippen LogP contribution in [0.5, 0.6) is 5.75 Å². The van der Waals surface area contributed by atoms with Gasteiger partial charge in [-0.15, -0.1) is 0 Å². The van der Waals surface area contributed by atoms with Crippen LogP contribution < -0.4 is 15.8 Å². The van der Waals surface area contributed by atoms with Gasteiger partial charge in [-0.3, -0.25) is 4.79 Å². The number of halogens is 2. The van der Waals surface area contributed by atoms with Gasteiger partial charge in [0.25, 0.3) is 0 Å². The van der Waals surface area contributed by atoms with Crippen molar-refractivity contribution in [3.63, 3.8) is 0 Å². The summed E-state index contributed by atoms with van der Waals surface area (Å²) in [4.78, 5) is 12.1. The van der Waals surface area contributed by atoms with Crippen molar-refractivity contribution in [3.8, 4) is 5.75 Å². The van der Waals surface area contributed by atoms with Gasteiger partial charge < -0.3 is 15.8 Å². The van der Waals surface area contributed by atoms with E-state index in [9.17, 15) is 13.6 Å². The fourth-order valence-corrected chi connectivity index (χ4v) is 1.59. The molecule has 19 heavy (non-hydrogen) atoms. The normalized spacial score (nSPS) is 11.5. The summed E-state index contributed by atoms with van der Waals surface area (Å²) in [7, 11) is 0. The van der Waals surface area contributed by atoms with Crippen LogP contribution in [0.4, 0.5) is 14.5 Å². The average Bonchev–Trinajstić information content (AvgIpc) is 2.39. The first-order valence-corrected chi connectivity index (χ1v) is 6.07. The topological polar surface area (TPSA) is 64.4 Å². The van der Waals surface area contributed by atoms with Crippen molar-refractivity contribution in [2.45, 2.75) is 38.8 Å². The Morgan fingerprint density at radius 2 is 1.95 bits per heavy atom. The van der Waals surface area contributed by atoms with E-state index in [0.29, 0.717) is 12.8 Å². The molecule has 0 aliphatic carbocycles. The molecule has 0 heterocycles. The highest BCUT2D eigenvalue weighted by molar-refractivity contribution is 5.98. The van der Waals surface area contributed by atoms with Gasteiger partial charge in [0.1, 0.15) is 5.75 Å². The standard InChI is InChI=1S/C13H18F2N2O2/c1-3-13(16,4-2)11(18)17-9-7-5-6-8-10(9)19-12(14)15/h5-8,12H,3-4,16H2,1-2H3,(H,17,18). The van der Waals surface area contributed by atoms with E-state index in [1.165, 1.54) is 12.1 Å². The van der Waals surface area contributed by atoms with E-state index in [2.05, 4.69) is 10.1 Å². The van der Waals surface area contributed by atoms with E-state index >= 15 is 0 Å². The Balaban J connectivity index is 2.90. The summed E-state index contributed by atoms with van der Waals surface area (Å²) in [6, 6.07) is 6.01. The Morgan fingerprint density at radius 3 is 2.47 bits per heavy atom. The molecule has 3 N–H and O–H groups in total. The van der Waals surface area contributed by atoms with Crippen molar-refractivity contribution in [2.24, 2.45) is 5.73 Å². The van der Waals surface area contributed by atoms with Crippen molar-refractivity contribution in [3.05, 3.63) is 24.3 Å². The highest BCUT2D eigenvalue weighted by atomic mass is 19.3. The summed E-state index contributed by atoms with van der Waals surface area (Å²) in [6.45, 7) is 0.646. The number of anilines is 1. The smallest absolute Gasteiger partial charge is 0.387 e. The van der Waals surface area contributed by atoms with Gasteiger partial charge in [-0.2, -0.15) is 8.78 Å². The maximum absolute atomic E-state index is 12.2. The van der Waals surface area contributed by atoms with Crippen molar-refractivity contribution >= 4 is 11.6 Å². The van der Waals surface area contributed by atoms with Crippen LogP contribution in [-0.2, 0) is 4.79 Å². The molecule has 0 spiro atoms. The average molecular weight is 272 g/mol. The van der Waals surface area contributed by atoms with E-state index in [1.807, 2.05) is 0 Å². The summed E-state index contributed by atoms with van der Waals surface area (Å²) in [5, 5.41) is 2.54. The van der Waals surface area contributed by atoms with E-state index in [0.717, 1.165) is 0 Å². The Hall–Kier alpha value is -1.69. The number of alkyl halides is 2. The lowest BCUT2D eigenvalue weighted by atomic mass is 9.93. The monoisotopic (exact) mass is 272 g/mol. The fourth-order valence-electron chi connectivity index (χ4n) is 1.59. The molecular weight excluding hydrogens is 254 g/mol. The van der Waals surface area contributed by atoms with Crippen LogP contribution in [0.15, 0.2) is 24.3 Å². The third-order valence-electron chi connectivity index (χ3n) is 3.07. The lowest BCUT2D eigenvalue weighted by Crippen LogP contribution is -2.50. The molecule has 1 aromatic rings. The van der Waals surface area contributed by atoms with Gasteiger partial charge in [-0.1, -0.05) is 26.0 Å². The second kappa shape index (κ2) is 6.47. The predicted molar refractivity (Wildman–Crippen MR) is 69.2 cm³/mol. The van der Waals surface area contributed by atoms with Crippen LogP contribution in [0.1, 0.15) is 26.7 Å². The second-order valence-electron chi connectivity index (χ2n) is 4.19. The molecule has 1 rings (SSSR count). The van der Waals surface area contributed by atoms with Gasteiger partial charge in [-0.25, -0.2) is 0 Å². The van der Waals surface area contributed by atoms with Crippen LogP contribution >= 0.6 is 0 Å².